The molecule has 2 heterocycles. The van der Waals surface area contributed by atoms with E-state index in [-0.39, 0.29) is 34.4 Å². The van der Waals surface area contributed by atoms with Crippen molar-refractivity contribution >= 4 is 40.8 Å². The highest BCUT2D eigenvalue weighted by molar-refractivity contribution is 6.31. The van der Waals surface area contributed by atoms with Gasteiger partial charge in [-0.2, -0.15) is 18.2 Å². The first-order chi connectivity index (χ1) is 18.3. The molecule has 1 fully saturated rings. The Morgan fingerprint density at radius 3 is 2.46 bits per heavy atom. The van der Waals surface area contributed by atoms with Crippen LogP contribution in [0.4, 0.5) is 45.5 Å². The fourth-order valence-corrected chi connectivity index (χ4v) is 4.60. The van der Waals surface area contributed by atoms with Gasteiger partial charge in [-0.25, -0.2) is 14.2 Å². The summed E-state index contributed by atoms with van der Waals surface area (Å²) in [5, 5.41) is 12.6. The molecule has 3 aromatic rings. The number of aromatic nitrogens is 2. The largest absolute Gasteiger partial charge is 0.465 e. The Hall–Kier alpha value is -3.64. The van der Waals surface area contributed by atoms with E-state index in [2.05, 4.69) is 34.0 Å². The van der Waals surface area contributed by atoms with Crippen molar-refractivity contribution in [1.82, 2.24) is 14.9 Å². The Balaban J connectivity index is 1.54. The summed E-state index contributed by atoms with van der Waals surface area (Å²) in [4.78, 5) is 25.2. The zero-order valence-corrected chi connectivity index (χ0v) is 22.1. The van der Waals surface area contributed by atoms with Gasteiger partial charge in [0.2, 0.25) is 5.95 Å². The van der Waals surface area contributed by atoms with Gasteiger partial charge < -0.3 is 15.3 Å². The SMILES string of the molecule is C[C@@H]1CN(c2ccc(Nc3nccc(N(Cc4cc(C(F)(F)F)ccc4Cl)C(=O)O)n3)cc2F)C[C@H](C)N1C. The van der Waals surface area contributed by atoms with Gasteiger partial charge in [0.15, 0.2) is 0 Å². The molecule has 4 rings (SSSR count). The van der Waals surface area contributed by atoms with Gasteiger partial charge in [-0.05, 0) is 68.9 Å². The van der Waals surface area contributed by atoms with Crippen LogP contribution in [-0.4, -0.2) is 58.3 Å². The maximum absolute atomic E-state index is 15.1. The van der Waals surface area contributed by atoms with Gasteiger partial charge >= 0.3 is 12.3 Å². The number of anilines is 4. The second-order valence-electron chi connectivity index (χ2n) is 9.47. The van der Waals surface area contributed by atoms with Crippen LogP contribution in [-0.2, 0) is 12.7 Å². The normalized spacial score (nSPS) is 18.2. The van der Waals surface area contributed by atoms with Crippen molar-refractivity contribution in [3.05, 3.63) is 70.6 Å². The van der Waals surface area contributed by atoms with Gasteiger partial charge in [-0.15, -0.1) is 0 Å². The molecule has 0 spiro atoms. The molecule has 0 radical (unpaired) electrons. The number of rotatable bonds is 6. The number of benzene rings is 2. The summed E-state index contributed by atoms with van der Waals surface area (Å²) in [6, 6.07) is 9.11. The number of nitrogens with zero attached hydrogens (tertiary/aromatic N) is 5. The molecule has 0 bridgehead atoms. The number of hydrogen-bond acceptors (Lipinski definition) is 6. The summed E-state index contributed by atoms with van der Waals surface area (Å²) in [7, 11) is 2.05. The standard InChI is InChI=1S/C26H27ClF4N6O2/c1-15-12-36(13-16(2)35(15)3)22-7-5-19(11-21(22)28)33-24-32-9-8-23(34-24)37(25(38)39)14-17-10-18(26(29,30)31)4-6-20(17)27/h4-11,15-16H,12-14H2,1-3H3,(H,38,39)(H,32,33,34)/t15-,16+. The van der Waals surface area contributed by atoms with Crippen molar-refractivity contribution in [2.24, 2.45) is 0 Å². The van der Waals surface area contributed by atoms with E-state index >= 15 is 4.39 Å². The minimum absolute atomic E-state index is 0.0251. The molecule has 2 aromatic carbocycles. The summed E-state index contributed by atoms with van der Waals surface area (Å²) in [6.07, 6.45) is -4.80. The first kappa shape index (κ1) is 28.4. The Labute approximate surface area is 227 Å². The van der Waals surface area contributed by atoms with E-state index < -0.39 is 30.2 Å². The van der Waals surface area contributed by atoms with Crippen molar-refractivity contribution in [3.8, 4) is 0 Å². The highest BCUT2D eigenvalue weighted by Crippen LogP contribution is 2.33. The summed E-state index contributed by atoms with van der Waals surface area (Å²) < 4.78 is 54.5. The number of nitrogens with one attached hydrogen (secondary N) is 1. The first-order valence-electron chi connectivity index (χ1n) is 12.1. The van der Waals surface area contributed by atoms with Gasteiger partial charge in [-0.3, -0.25) is 9.80 Å². The minimum atomic E-state index is -4.62. The fraction of sp³-hybridized carbons (Fsp3) is 0.346. The first-order valence-corrected chi connectivity index (χ1v) is 12.4. The predicted molar refractivity (Wildman–Crippen MR) is 141 cm³/mol. The Morgan fingerprint density at radius 1 is 1.15 bits per heavy atom. The number of likely N-dealkylation sites (N-methyl/N-ethyl adjacent to an activating group) is 1. The van der Waals surface area contributed by atoms with Crippen molar-refractivity contribution in [2.45, 2.75) is 38.7 Å². The average molecular weight is 567 g/mol. The maximum atomic E-state index is 15.1. The van der Waals surface area contributed by atoms with Gasteiger partial charge in [0, 0.05) is 42.1 Å². The van der Waals surface area contributed by atoms with Crippen LogP contribution in [0.2, 0.25) is 5.02 Å². The monoisotopic (exact) mass is 566 g/mol. The van der Waals surface area contributed by atoms with E-state index in [9.17, 15) is 23.1 Å². The third-order valence-electron chi connectivity index (χ3n) is 6.75. The lowest BCUT2D eigenvalue weighted by atomic mass is 10.1. The number of alkyl halides is 3. The third kappa shape index (κ3) is 6.51. The van der Waals surface area contributed by atoms with Crippen molar-refractivity contribution in [2.75, 3.05) is 35.3 Å². The molecule has 1 saturated heterocycles. The Kier molecular flexibility index (Phi) is 8.17. The quantitative estimate of drug-likeness (QED) is 0.341. The lowest BCUT2D eigenvalue weighted by molar-refractivity contribution is -0.137. The summed E-state index contributed by atoms with van der Waals surface area (Å²) in [5.41, 5.74) is -0.195. The molecule has 208 valence electrons. The molecular formula is C26H27ClF4N6O2. The molecule has 2 atom stereocenters. The van der Waals surface area contributed by atoms with E-state index in [0.717, 1.165) is 23.1 Å². The summed E-state index contributed by atoms with van der Waals surface area (Å²) >= 11 is 6.05. The molecule has 0 unspecified atom stereocenters. The number of carbonyl (C=O) groups is 1. The van der Waals surface area contributed by atoms with Crippen LogP contribution in [0.15, 0.2) is 48.7 Å². The number of halogens is 5. The second kappa shape index (κ2) is 11.2. The molecule has 1 aliphatic heterocycles. The summed E-state index contributed by atoms with van der Waals surface area (Å²) in [6.45, 7) is 5.04. The molecule has 1 amide bonds. The third-order valence-corrected chi connectivity index (χ3v) is 7.12. The van der Waals surface area contributed by atoms with Gasteiger partial charge in [-0.1, -0.05) is 11.6 Å². The average Bonchev–Trinajstić information content (AvgIpc) is 2.86. The molecular weight excluding hydrogens is 540 g/mol. The number of carboxylic acid groups (broad SMARTS) is 1. The van der Waals surface area contributed by atoms with Crippen LogP contribution in [0.3, 0.4) is 0 Å². The van der Waals surface area contributed by atoms with Crippen LogP contribution in [0, 0.1) is 5.82 Å². The number of hydrogen-bond donors (Lipinski definition) is 2. The highest BCUT2D eigenvalue weighted by Gasteiger charge is 2.32. The van der Waals surface area contributed by atoms with E-state index in [1.165, 1.54) is 18.3 Å². The Morgan fingerprint density at radius 2 is 1.85 bits per heavy atom. The molecule has 13 heteroatoms. The second-order valence-corrected chi connectivity index (χ2v) is 9.88. The van der Waals surface area contributed by atoms with Crippen LogP contribution in [0.1, 0.15) is 25.0 Å². The smallest absolute Gasteiger partial charge is 0.416 e. The molecule has 2 N–H and O–H groups in total. The van der Waals surface area contributed by atoms with Crippen LogP contribution in [0.25, 0.3) is 0 Å². The van der Waals surface area contributed by atoms with Crippen LogP contribution >= 0.6 is 11.6 Å². The van der Waals surface area contributed by atoms with Crippen molar-refractivity contribution in [3.63, 3.8) is 0 Å². The lowest BCUT2D eigenvalue weighted by Gasteiger charge is -2.43. The molecule has 39 heavy (non-hydrogen) atoms. The van der Waals surface area contributed by atoms with Gasteiger partial charge in [0.1, 0.15) is 11.6 Å². The van der Waals surface area contributed by atoms with Gasteiger partial charge in [0.25, 0.3) is 0 Å². The molecule has 1 aliphatic rings. The van der Waals surface area contributed by atoms with E-state index in [4.69, 9.17) is 11.6 Å². The van der Waals surface area contributed by atoms with Crippen LogP contribution < -0.4 is 15.1 Å². The van der Waals surface area contributed by atoms with Crippen LogP contribution in [0.5, 0.6) is 0 Å². The van der Waals surface area contributed by atoms with Crippen molar-refractivity contribution < 1.29 is 27.5 Å². The van der Waals surface area contributed by atoms with Gasteiger partial charge in [0.05, 0.1) is 17.8 Å². The minimum Gasteiger partial charge on any atom is -0.465 e. The van der Waals surface area contributed by atoms with E-state index in [1.54, 1.807) is 12.1 Å². The number of amides is 1. The highest BCUT2D eigenvalue weighted by atomic mass is 35.5. The molecule has 0 aliphatic carbocycles. The van der Waals surface area contributed by atoms with E-state index in [0.29, 0.717) is 24.5 Å². The lowest BCUT2D eigenvalue weighted by Crippen LogP contribution is -2.55. The molecule has 0 saturated carbocycles. The topological polar surface area (TPSA) is 84.8 Å². The predicted octanol–water partition coefficient (Wildman–Crippen LogP) is 6.24. The molecule has 8 nitrogen and oxygen atoms in total. The zero-order valence-electron chi connectivity index (χ0n) is 21.4. The van der Waals surface area contributed by atoms with E-state index in [1.807, 2.05) is 11.9 Å². The van der Waals surface area contributed by atoms with Crippen molar-refractivity contribution in [1.29, 1.82) is 0 Å². The fourth-order valence-electron chi connectivity index (χ4n) is 4.42. The number of piperazine rings is 1. The Bertz CT molecular complexity index is 1350. The summed E-state index contributed by atoms with van der Waals surface area (Å²) in [5.74, 6) is -0.569. The maximum Gasteiger partial charge on any atom is 0.416 e. The zero-order chi connectivity index (χ0) is 28.5. The molecule has 1 aromatic heterocycles.